The van der Waals surface area contributed by atoms with Crippen molar-refractivity contribution in [3.8, 4) is 0 Å². The highest BCUT2D eigenvalue weighted by Crippen LogP contribution is 2.09. The monoisotopic (exact) mass is 355 g/mol. The van der Waals surface area contributed by atoms with Gasteiger partial charge in [-0.15, -0.1) is 12.4 Å². The molecule has 3 N–H and O–H groups in total. The second-order valence-corrected chi connectivity index (χ2v) is 6.02. The van der Waals surface area contributed by atoms with Crippen LogP contribution in [0.25, 0.3) is 0 Å². The van der Waals surface area contributed by atoms with Crippen molar-refractivity contribution in [2.45, 2.75) is 52.1 Å². The van der Waals surface area contributed by atoms with Crippen molar-refractivity contribution in [1.29, 1.82) is 0 Å². The van der Waals surface area contributed by atoms with E-state index in [1.807, 2.05) is 49.1 Å². The molecule has 0 unspecified atom stereocenters. The third-order valence-electron chi connectivity index (χ3n) is 3.45. The quantitative estimate of drug-likeness (QED) is 0.677. The van der Waals surface area contributed by atoms with Gasteiger partial charge in [0.15, 0.2) is 0 Å². The number of carbonyl (C=O) groups excluding carboxylic acids is 2. The molecule has 0 aliphatic heterocycles. The minimum atomic E-state index is 0. The number of halogens is 1. The van der Waals surface area contributed by atoms with Crippen LogP contribution in [0.3, 0.4) is 0 Å². The van der Waals surface area contributed by atoms with Gasteiger partial charge in [0.2, 0.25) is 11.8 Å². The van der Waals surface area contributed by atoms with Crippen molar-refractivity contribution in [3.05, 3.63) is 35.9 Å². The third-order valence-corrected chi connectivity index (χ3v) is 3.45. The van der Waals surface area contributed by atoms with E-state index in [1.165, 1.54) is 0 Å². The number of nitrogens with two attached hydrogens (primary N) is 1. The number of hydrogen-bond acceptors (Lipinski definition) is 3. The topological polar surface area (TPSA) is 75.4 Å². The molecule has 24 heavy (non-hydrogen) atoms. The number of nitrogens with zero attached hydrogens (tertiary/aromatic N) is 1. The molecule has 5 nitrogen and oxygen atoms in total. The maximum Gasteiger partial charge on any atom is 0.222 e. The van der Waals surface area contributed by atoms with Crippen LogP contribution in [0.2, 0.25) is 0 Å². The molecule has 6 heteroatoms. The number of amides is 2. The van der Waals surface area contributed by atoms with E-state index in [2.05, 4.69) is 5.32 Å². The second kappa shape index (κ2) is 12.8. The Balaban J connectivity index is 0.00000529. The van der Waals surface area contributed by atoms with Crippen molar-refractivity contribution < 1.29 is 9.59 Å². The van der Waals surface area contributed by atoms with Crippen LogP contribution in [0.1, 0.15) is 45.1 Å². The molecule has 0 spiro atoms. The van der Waals surface area contributed by atoms with Gasteiger partial charge in [0, 0.05) is 32.0 Å². The van der Waals surface area contributed by atoms with Crippen molar-refractivity contribution in [2.75, 3.05) is 13.1 Å². The van der Waals surface area contributed by atoms with Crippen LogP contribution in [0.4, 0.5) is 0 Å². The molecule has 2 amide bonds. The lowest BCUT2D eigenvalue weighted by Crippen LogP contribution is -2.33. The number of hydrogen-bond donors (Lipinski definition) is 2. The summed E-state index contributed by atoms with van der Waals surface area (Å²) >= 11 is 0. The van der Waals surface area contributed by atoms with E-state index in [4.69, 9.17) is 5.73 Å². The van der Waals surface area contributed by atoms with Crippen molar-refractivity contribution in [1.82, 2.24) is 10.2 Å². The minimum Gasteiger partial charge on any atom is -0.354 e. The molecule has 0 bridgehead atoms. The van der Waals surface area contributed by atoms with E-state index >= 15 is 0 Å². The molecule has 0 aliphatic rings. The van der Waals surface area contributed by atoms with E-state index in [0.717, 1.165) is 12.0 Å². The molecule has 0 atom stereocenters. The summed E-state index contributed by atoms with van der Waals surface area (Å²) in [5.41, 5.74) is 6.67. The first kappa shape index (κ1) is 22.4. The lowest BCUT2D eigenvalue weighted by molar-refractivity contribution is -0.132. The molecule has 0 aromatic heterocycles. The Hall–Kier alpha value is -1.59. The van der Waals surface area contributed by atoms with Gasteiger partial charge >= 0.3 is 0 Å². The summed E-state index contributed by atoms with van der Waals surface area (Å²) in [6, 6.07) is 10.1. The Bertz CT molecular complexity index is 480. The number of carbonyl (C=O) groups is 2. The molecule has 0 heterocycles. The number of benzene rings is 1. The number of rotatable bonds is 10. The Morgan fingerprint density at radius 3 is 2.38 bits per heavy atom. The van der Waals surface area contributed by atoms with Crippen LogP contribution >= 0.6 is 12.4 Å². The van der Waals surface area contributed by atoms with Gasteiger partial charge in [0.05, 0.1) is 0 Å². The summed E-state index contributed by atoms with van der Waals surface area (Å²) in [5.74, 6) is 0.0871. The fraction of sp³-hybridized carbons (Fsp3) is 0.556. The lowest BCUT2D eigenvalue weighted by Gasteiger charge is -2.23. The first-order valence-electron chi connectivity index (χ1n) is 8.34. The second-order valence-electron chi connectivity index (χ2n) is 6.02. The van der Waals surface area contributed by atoms with Crippen molar-refractivity contribution in [3.63, 3.8) is 0 Å². The average Bonchev–Trinajstić information content (AvgIpc) is 2.51. The van der Waals surface area contributed by atoms with Crippen LogP contribution in [0.15, 0.2) is 30.3 Å². The van der Waals surface area contributed by atoms with Gasteiger partial charge in [0.25, 0.3) is 0 Å². The number of nitrogens with one attached hydrogen (secondary N) is 1. The zero-order valence-corrected chi connectivity index (χ0v) is 15.5. The zero-order chi connectivity index (χ0) is 17.1. The molecule has 1 rings (SSSR count). The van der Waals surface area contributed by atoms with Crippen molar-refractivity contribution in [2.24, 2.45) is 5.73 Å². The third kappa shape index (κ3) is 9.53. The molecule has 0 radical (unpaired) electrons. The highest BCUT2D eigenvalue weighted by molar-refractivity contribution is 5.85. The smallest absolute Gasteiger partial charge is 0.222 e. The highest BCUT2D eigenvalue weighted by Gasteiger charge is 2.14. The summed E-state index contributed by atoms with van der Waals surface area (Å²) in [4.78, 5) is 25.9. The van der Waals surface area contributed by atoms with Crippen LogP contribution in [-0.4, -0.2) is 35.8 Å². The van der Waals surface area contributed by atoms with E-state index in [1.54, 1.807) is 0 Å². The first-order valence-corrected chi connectivity index (χ1v) is 8.34. The fourth-order valence-electron chi connectivity index (χ4n) is 2.33. The molecular formula is C18H30ClN3O2. The van der Waals surface area contributed by atoms with E-state index < -0.39 is 0 Å². The van der Waals surface area contributed by atoms with Crippen LogP contribution in [-0.2, 0) is 16.1 Å². The van der Waals surface area contributed by atoms with Crippen LogP contribution < -0.4 is 11.1 Å². The first-order chi connectivity index (χ1) is 11.0. The fourth-order valence-corrected chi connectivity index (χ4v) is 2.33. The van der Waals surface area contributed by atoms with Gasteiger partial charge in [-0.3, -0.25) is 9.59 Å². The largest absolute Gasteiger partial charge is 0.354 e. The van der Waals surface area contributed by atoms with Crippen molar-refractivity contribution >= 4 is 24.2 Å². The molecule has 0 saturated heterocycles. The molecule has 0 aliphatic carbocycles. The van der Waals surface area contributed by atoms with E-state index in [-0.39, 0.29) is 30.3 Å². The molecule has 1 aromatic rings. The normalized spacial score (nSPS) is 10.2. The van der Waals surface area contributed by atoms with Gasteiger partial charge in [-0.05, 0) is 38.8 Å². The van der Waals surface area contributed by atoms with E-state index in [0.29, 0.717) is 38.9 Å². The van der Waals surface area contributed by atoms with E-state index in [9.17, 15) is 9.59 Å². The van der Waals surface area contributed by atoms with Gasteiger partial charge in [-0.1, -0.05) is 30.3 Å². The van der Waals surface area contributed by atoms with Crippen LogP contribution in [0.5, 0.6) is 0 Å². The molecule has 0 saturated carbocycles. The summed E-state index contributed by atoms with van der Waals surface area (Å²) in [7, 11) is 0. The predicted octanol–water partition coefficient (Wildman–Crippen LogP) is 2.48. The zero-order valence-electron chi connectivity index (χ0n) is 14.7. The Labute approximate surface area is 151 Å². The average molecular weight is 356 g/mol. The summed E-state index contributed by atoms with van der Waals surface area (Å²) in [5, 5.41) is 2.84. The van der Waals surface area contributed by atoms with Crippen LogP contribution in [0, 0.1) is 0 Å². The summed E-state index contributed by atoms with van der Waals surface area (Å²) in [6.07, 6.45) is 2.14. The highest BCUT2D eigenvalue weighted by atomic mass is 35.5. The lowest BCUT2D eigenvalue weighted by atomic mass is 10.1. The van der Waals surface area contributed by atoms with Gasteiger partial charge in [0.1, 0.15) is 0 Å². The predicted molar refractivity (Wildman–Crippen MR) is 99.9 cm³/mol. The van der Waals surface area contributed by atoms with Gasteiger partial charge < -0.3 is 16.0 Å². The Morgan fingerprint density at radius 2 is 1.79 bits per heavy atom. The standard InChI is InChI=1S/C18H29N3O2.ClH/c1-15(2)20-17(22)10-6-11-18(23)21(13-7-12-19)14-16-8-4-3-5-9-16;/h3-5,8-9,15H,6-7,10-14,19H2,1-2H3,(H,20,22);1H. The summed E-state index contributed by atoms with van der Waals surface area (Å²) in [6.45, 7) is 5.67. The maximum atomic E-state index is 12.4. The SMILES string of the molecule is CC(C)NC(=O)CCCC(=O)N(CCCN)Cc1ccccc1.Cl. The molecular weight excluding hydrogens is 326 g/mol. The molecule has 1 aromatic carbocycles. The minimum absolute atomic E-state index is 0. The van der Waals surface area contributed by atoms with Gasteiger partial charge in [-0.2, -0.15) is 0 Å². The Morgan fingerprint density at radius 1 is 1.12 bits per heavy atom. The Kier molecular flexibility index (Phi) is 11.9. The molecule has 0 fully saturated rings. The van der Waals surface area contributed by atoms with Gasteiger partial charge in [-0.25, -0.2) is 0 Å². The maximum absolute atomic E-state index is 12.4. The summed E-state index contributed by atoms with van der Waals surface area (Å²) < 4.78 is 0. The molecule has 136 valence electrons.